The Morgan fingerprint density at radius 2 is 2.00 bits per heavy atom. The van der Waals surface area contributed by atoms with Gasteiger partial charge >= 0.3 is 0 Å². The van der Waals surface area contributed by atoms with Crippen molar-refractivity contribution in [1.82, 2.24) is 10.2 Å². The largest absolute Gasteiger partial charge is 0.379 e. The van der Waals surface area contributed by atoms with Gasteiger partial charge in [-0.25, -0.2) is 4.39 Å². The number of guanidine groups is 1. The molecule has 1 fully saturated rings. The van der Waals surface area contributed by atoms with Crippen LogP contribution >= 0.6 is 0 Å². The third-order valence-electron chi connectivity index (χ3n) is 4.18. The van der Waals surface area contributed by atoms with Crippen molar-refractivity contribution >= 4 is 5.96 Å². The van der Waals surface area contributed by atoms with Crippen molar-refractivity contribution in [3.05, 3.63) is 35.6 Å². The molecular weight excluding hydrogens is 295 g/mol. The minimum atomic E-state index is -0.226. The molecule has 2 rings (SSSR count). The van der Waals surface area contributed by atoms with E-state index in [1.165, 1.54) is 12.1 Å². The summed E-state index contributed by atoms with van der Waals surface area (Å²) in [6, 6.07) is 7.01. The normalized spacial score (nSPS) is 19.3. The Bertz CT molecular complexity index is 500. The van der Waals surface area contributed by atoms with Crippen LogP contribution in [0.3, 0.4) is 0 Å². The van der Waals surface area contributed by atoms with E-state index in [0.717, 1.165) is 25.1 Å². The van der Waals surface area contributed by atoms with Crippen LogP contribution in [-0.4, -0.2) is 49.7 Å². The first-order chi connectivity index (χ1) is 11.1. The molecule has 1 aliphatic heterocycles. The van der Waals surface area contributed by atoms with Crippen LogP contribution in [0.1, 0.15) is 31.9 Å². The summed E-state index contributed by atoms with van der Waals surface area (Å²) in [5.74, 6) is 0.232. The van der Waals surface area contributed by atoms with Gasteiger partial charge in [-0.2, -0.15) is 0 Å². The van der Waals surface area contributed by atoms with E-state index in [2.05, 4.69) is 29.1 Å². The zero-order chi connectivity index (χ0) is 16.7. The van der Waals surface area contributed by atoms with Crippen molar-refractivity contribution in [3.8, 4) is 0 Å². The number of hydrogen-bond donors (Lipinski definition) is 2. The number of hydrogen-bond acceptors (Lipinski definition) is 3. The molecule has 2 atom stereocenters. The number of aliphatic imine (C=N–C) groups is 1. The summed E-state index contributed by atoms with van der Waals surface area (Å²) in [5, 5.41) is 3.17. The summed E-state index contributed by atoms with van der Waals surface area (Å²) >= 11 is 0. The Kier molecular flexibility index (Phi) is 6.80. The van der Waals surface area contributed by atoms with E-state index in [4.69, 9.17) is 10.5 Å². The highest BCUT2D eigenvalue weighted by Crippen LogP contribution is 2.22. The first-order valence-corrected chi connectivity index (χ1v) is 8.24. The number of nitrogens with one attached hydrogen (secondary N) is 1. The second-order valence-electron chi connectivity index (χ2n) is 5.90. The first-order valence-electron chi connectivity index (χ1n) is 8.24. The Hall–Kier alpha value is -1.66. The second kappa shape index (κ2) is 8.84. The summed E-state index contributed by atoms with van der Waals surface area (Å²) in [6.07, 6.45) is 0.987. The van der Waals surface area contributed by atoms with Gasteiger partial charge in [-0.3, -0.25) is 9.89 Å². The van der Waals surface area contributed by atoms with Gasteiger partial charge in [0.15, 0.2) is 5.96 Å². The van der Waals surface area contributed by atoms with E-state index in [1.807, 2.05) is 12.1 Å². The Morgan fingerprint density at radius 3 is 2.61 bits per heavy atom. The maximum atomic E-state index is 13.2. The van der Waals surface area contributed by atoms with Crippen molar-refractivity contribution in [2.45, 2.75) is 32.4 Å². The van der Waals surface area contributed by atoms with Gasteiger partial charge in [-0.05, 0) is 31.0 Å². The molecular formula is C17H27FN4O. The van der Waals surface area contributed by atoms with E-state index in [0.29, 0.717) is 31.8 Å². The average Bonchev–Trinajstić information content (AvgIpc) is 2.57. The lowest BCUT2D eigenvalue weighted by molar-refractivity contribution is 0.0179. The molecule has 0 aromatic heterocycles. The molecule has 5 nitrogen and oxygen atoms in total. The molecule has 1 aliphatic rings. The molecule has 0 amide bonds. The lowest BCUT2D eigenvalue weighted by Crippen LogP contribution is -2.42. The van der Waals surface area contributed by atoms with Crippen molar-refractivity contribution in [2.75, 3.05) is 32.8 Å². The van der Waals surface area contributed by atoms with Gasteiger partial charge in [0.1, 0.15) is 5.82 Å². The third-order valence-corrected chi connectivity index (χ3v) is 4.18. The maximum Gasteiger partial charge on any atom is 0.188 e. The highest BCUT2D eigenvalue weighted by atomic mass is 19.1. The monoisotopic (exact) mass is 322 g/mol. The van der Waals surface area contributed by atoms with E-state index >= 15 is 0 Å². The smallest absolute Gasteiger partial charge is 0.188 e. The van der Waals surface area contributed by atoms with Crippen molar-refractivity contribution in [3.63, 3.8) is 0 Å². The van der Waals surface area contributed by atoms with E-state index in [9.17, 15) is 4.39 Å². The van der Waals surface area contributed by atoms with E-state index in [-0.39, 0.29) is 11.9 Å². The van der Waals surface area contributed by atoms with E-state index < -0.39 is 0 Å². The molecule has 2 unspecified atom stereocenters. The van der Waals surface area contributed by atoms with Crippen LogP contribution in [0.15, 0.2) is 29.3 Å². The van der Waals surface area contributed by atoms with Crippen LogP contribution in [-0.2, 0) is 4.74 Å². The summed E-state index contributed by atoms with van der Waals surface area (Å²) < 4.78 is 18.6. The van der Waals surface area contributed by atoms with Gasteiger partial charge in [-0.15, -0.1) is 0 Å². The predicted molar refractivity (Wildman–Crippen MR) is 90.9 cm³/mol. The van der Waals surface area contributed by atoms with Crippen molar-refractivity contribution < 1.29 is 9.13 Å². The molecule has 0 radical (unpaired) electrons. The Labute approximate surface area is 137 Å². The molecule has 0 saturated carbocycles. The Balaban J connectivity index is 2.09. The number of halogens is 1. The van der Waals surface area contributed by atoms with E-state index in [1.54, 1.807) is 0 Å². The zero-order valence-electron chi connectivity index (χ0n) is 14.0. The third kappa shape index (κ3) is 5.48. The summed E-state index contributed by atoms with van der Waals surface area (Å²) in [7, 11) is 0. The fourth-order valence-electron chi connectivity index (χ4n) is 2.59. The quantitative estimate of drug-likeness (QED) is 0.620. The summed E-state index contributed by atoms with van der Waals surface area (Å²) in [6.45, 7) is 7.82. The molecule has 0 spiro atoms. The average molecular weight is 322 g/mol. The summed E-state index contributed by atoms with van der Waals surface area (Å²) in [5.41, 5.74) is 7.02. The molecule has 0 bridgehead atoms. The van der Waals surface area contributed by atoms with Crippen LogP contribution in [0.25, 0.3) is 0 Å². The van der Waals surface area contributed by atoms with Gasteiger partial charge in [0.05, 0.1) is 25.8 Å². The van der Waals surface area contributed by atoms with Crippen molar-refractivity contribution in [1.29, 1.82) is 0 Å². The zero-order valence-corrected chi connectivity index (χ0v) is 14.0. The van der Waals surface area contributed by atoms with Crippen LogP contribution < -0.4 is 11.1 Å². The number of nitrogens with two attached hydrogens (primary N) is 1. The fraction of sp³-hybridized carbons (Fsp3) is 0.588. The lowest BCUT2D eigenvalue weighted by atomic mass is 10.0. The first kappa shape index (κ1) is 17.7. The molecule has 0 aliphatic carbocycles. The van der Waals surface area contributed by atoms with Crippen LogP contribution in [0, 0.1) is 5.82 Å². The predicted octanol–water partition coefficient (Wildman–Crippen LogP) is 1.90. The number of morpholine rings is 1. The fourth-order valence-corrected chi connectivity index (χ4v) is 2.59. The van der Waals surface area contributed by atoms with Gasteiger partial charge < -0.3 is 15.8 Å². The van der Waals surface area contributed by atoms with Gasteiger partial charge in [0, 0.05) is 19.1 Å². The minimum absolute atomic E-state index is 0.0804. The number of nitrogens with zero attached hydrogens (tertiary/aromatic N) is 2. The number of benzene rings is 1. The second-order valence-corrected chi connectivity index (χ2v) is 5.90. The van der Waals surface area contributed by atoms with Gasteiger partial charge in [0.2, 0.25) is 0 Å². The highest BCUT2D eigenvalue weighted by Gasteiger charge is 2.22. The van der Waals surface area contributed by atoms with Crippen molar-refractivity contribution in [2.24, 2.45) is 10.7 Å². The molecule has 1 aromatic carbocycles. The molecule has 3 N–H and O–H groups in total. The van der Waals surface area contributed by atoms with Crippen LogP contribution in [0.2, 0.25) is 0 Å². The molecule has 1 saturated heterocycles. The lowest BCUT2D eigenvalue weighted by Gasteiger charge is -2.34. The standard InChI is InChI=1S/C17H27FN4O/c1-3-13(2)21-17(19)20-12-16(22-8-10-23-11-9-22)14-4-6-15(18)7-5-14/h4-7,13,16H,3,8-12H2,1-2H3,(H3,19,20,21). The molecule has 23 heavy (non-hydrogen) atoms. The topological polar surface area (TPSA) is 62.9 Å². The molecule has 128 valence electrons. The highest BCUT2D eigenvalue weighted by molar-refractivity contribution is 5.78. The molecule has 1 heterocycles. The maximum absolute atomic E-state index is 13.2. The SMILES string of the molecule is CCC(C)NC(N)=NCC(c1ccc(F)cc1)N1CCOCC1. The van der Waals surface area contributed by atoms with Gasteiger partial charge in [0.25, 0.3) is 0 Å². The summed E-state index contributed by atoms with van der Waals surface area (Å²) in [4.78, 5) is 6.81. The molecule has 1 aromatic rings. The molecule has 6 heteroatoms. The number of ether oxygens (including phenoxy) is 1. The number of rotatable bonds is 6. The van der Waals surface area contributed by atoms with Gasteiger partial charge in [-0.1, -0.05) is 19.1 Å². The Morgan fingerprint density at radius 1 is 1.35 bits per heavy atom. The van der Waals surface area contributed by atoms with Crippen LogP contribution in [0.4, 0.5) is 4.39 Å². The minimum Gasteiger partial charge on any atom is -0.379 e. The van der Waals surface area contributed by atoms with Crippen LogP contribution in [0.5, 0.6) is 0 Å².